The topological polar surface area (TPSA) is 27.8 Å². The highest BCUT2D eigenvalue weighted by Gasteiger charge is 2.26. The van der Waals surface area contributed by atoms with E-state index in [2.05, 4.69) is 10.3 Å². The maximum Gasteiger partial charge on any atom is 0.405 e. The van der Waals surface area contributed by atoms with Crippen LogP contribution in [0.25, 0.3) is 10.9 Å². The zero-order valence-electron chi connectivity index (χ0n) is 7.73. The van der Waals surface area contributed by atoms with Crippen molar-refractivity contribution in [1.82, 2.24) is 4.98 Å². The Kier molecular flexibility index (Phi) is 2.30. The minimum absolute atomic E-state index is 0.383. The number of benzene rings is 1. The van der Waals surface area contributed by atoms with Crippen molar-refractivity contribution in [3.8, 4) is 0 Å². The van der Waals surface area contributed by atoms with Gasteiger partial charge in [-0.2, -0.15) is 13.2 Å². The lowest BCUT2D eigenvalue weighted by molar-refractivity contribution is -0.115. The average Bonchev–Trinajstić information content (AvgIpc) is 2.56. The summed E-state index contributed by atoms with van der Waals surface area (Å²) in [6.07, 6.45) is -4.20. The minimum atomic E-state index is -4.20. The van der Waals surface area contributed by atoms with Crippen LogP contribution in [0, 0.1) is 0 Å². The van der Waals surface area contributed by atoms with Crippen LogP contribution in [0.3, 0.4) is 0 Å². The average molecular weight is 214 g/mol. The molecule has 0 spiro atoms. The van der Waals surface area contributed by atoms with Gasteiger partial charge in [-0.15, -0.1) is 0 Å². The van der Waals surface area contributed by atoms with Gasteiger partial charge in [-0.05, 0) is 12.1 Å². The molecule has 2 aromatic rings. The predicted molar refractivity (Wildman–Crippen MR) is 52.8 cm³/mol. The maximum atomic E-state index is 11.9. The number of nitrogens with one attached hydrogen (secondary N) is 2. The van der Waals surface area contributed by atoms with Crippen molar-refractivity contribution in [2.24, 2.45) is 0 Å². The highest BCUT2D eigenvalue weighted by molar-refractivity contribution is 5.83. The molecule has 80 valence electrons. The van der Waals surface area contributed by atoms with Crippen LogP contribution in [0.4, 0.5) is 19.0 Å². The minimum Gasteiger partial charge on any atom is -0.363 e. The number of halogens is 3. The lowest BCUT2D eigenvalue weighted by atomic mass is 10.2. The van der Waals surface area contributed by atoms with Crippen LogP contribution < -0.4 is 5.32 Å². The monoisotopic (exact) mass is 214 g/mol. The number of hydrogen-bond acceptors (Lipinski definition) is 1. The summed E-state index contributed by atoms with van der Waals surface area (Å²) in [5.74, 6) is 0.383. The summed E-state index contributed by atoms with van der Waals surface area (Å²) in [4.78, 5) is 2.86. The second kappa shape index (κ2) is 3.49. The van der Waals surface area contributed by atoms with E-state index in [9.17, 15) is 13.2 Å². The first kappa shape index (κ1) is 9.89. The third-order valence-corrected chi connectivity index (χ3v) is 2.01. The summed E-state index contributed by atoms with van der Waals surface area (Å²) in [6.45, 7) is -1.03. The smallest absolute Gasteiger partial charge is 0.363 e. The molecular formula is C10H9F3N2. The molecule has 2 N–H and O–H groups in total. The molecular weight excluding hydrogens is 205 g/mol. The number of H-pyrrole nitrogens is 1. The maximum absolute atomic E-state index is 11.9. The normalized spacial score (nSPS) is 11.9. The third-order valence-electron chi connectivity index (χ3n) is 2.01. The van der Waals surface area contributed by atoms with E-state index < -0.39 is 12.7 Å². The molecule has 0 saturated carbocycles. The van der Waals surface area contributed by atoms with Gasteiger partial charge in [-0.3, -0.25) is 0 Å². The Labute approximate surface area is 84.1 Å². The fourth-order valence-electron chi connectivity index (χ4n) is 1.36. The van der Waals surface area contributed by atoms with Crippen LogP contribution in [0.5, 0.6) is 0 Å². The molecule has 0 aliphatic carbocycles. The van der Waals surface area contributed by atoms with Crippen LogP contribution >= 0.6 is 0 Å². The Balaban J connectivity index is 2.16. The summed E-state index contributed by atoms with van der Waals surface area (Å²) >= 11 is 0. The SMILES string of the molecule is FC(F)(F)CNc1cc2ccccc2[nH]1. The van der Waals surface area contributed by atoms with Crippen LogP contribution in [0.1, 0.15) is 0 Å². The van der Waals surface area contributed by atoms with Gasteiger partial charge >= 0.3 is 6.18 Å². The van der Waals surface area contributed by atoms with Crippen LogP contribution in [-0.2, 0) is 0 Å². The first-order valence-corrected chi connectivity index (χ1v) is 4.43. The number of aromatic amines is 1. The van der Waals surface area contributed by atoms with Gasteiger partial charge in [0, 0.05) is 10.9 Å². The van der Waals surface area contributed by atoms with E-state index in [-0.39, 0.29) is 0 Å². The van der Waals surface area contributed by atoms with Crippen molar-refractivity contribution in [3.05, 3.63) is 30.3 Å². The third kappa shape index (κ3) is 2.43. The van der Waals surface area contributed by atoms with Crippen LogP contribution in [-0.4, -0.2) is 17.7 Å². The molecule has 0 aliphatic rings. The number of fused-ring (bicyclic) bond motifs is 1. The van der Waals surface area contributed by atoms with Gasteiger partial charge in [0.05, 0.1) is 0 Å². The van der Waals surface area contributed by atoms with Crippen LogP contribution in [0.2, 0.25) is 0 Å². The van der Waals surface area contributed by atoms with Gasteiger partial charge in [-0.25, -0.2) is 0 Å². The standard InChI is InChI=1S/C10H9F3N2/c11-10(12,13)6-14-9-5-7-3-1-2-4-8(7)15-9/h1-5,14-15H,6H2. The van der Waals surface area contributed by atoms with Crippen LogP contribution in [0.15, 0.2) is 30.3 Å². The second-order valence-electron chi connectivity index (χ2n) is 3.24. The fourth-order valence-corrected chi connectivity index (χ4v) is 1.36. The highest BCUT2D eigenvalue weighted by Crippen LogP contribution is 2.20. The summed E-state index contributed by atoms with van der Waals surface area (Å²) in [7, 11) is 0. The molecule has 0 aliphatic heterocycles. The number of hydrogen-bond donors (Lipinski definition) is 2. The summed E-state index contributed by atoms with van der Waals surface area (Å²) < 4.78 is 35.8. The number of para-hydroxylation sites is 1. The zero-order valence-corrected chi connectivity index (χ0v) is 7.73. The van der Waals surface area contributed by atoms with E-state index in [0.29, 0.717) is 5.82 Å². The molecule has 2 rings (SSSR count). The van der Waals surface area contributed by atoms with Gasteiger partial charge < -0.3 is 10.3 Å². The number of aromatic nitrogens is 1. The van der Waals surface area contributed by atoms with E-state index >= 15 is 0 Å². The van der Waals surface area contributed by atoms with Gasteiger partial charge in [0.25, 0.3) is 0 Å². The van der Waals surface area contributed by atoms with Crippen molar-refractivity contribution in [2.45, 2.75) is 6.18 Å². The van der Waals surface area contributed by atoms with Crippen molar-refractivity contribution < 1.29 is 13.2 Å². The van der Waals surface area contributed by atoms with E-state index in [0.717, 1.165) is 10.9 Å². The quantitative estimate of drug-likeness (QED) is 0.789. The molecule has 1 aromatic carbocycles. The van der Waals surface area contributed by atoms with Gasteiger partial charge in [0.2, 0.25) is 0 Å². The Morgan fingerprint density at radius 2 is 1.93 bits per heavy atom. The zero-order chi connectivity index (χ0) is 10.9. The Bertz CT molecular complexity index is 426. The lowest BCUT2D eigenvalue weighted by Crippen LogP contribution is -2.21. The molecule has 5 heteroatoms. The molecule has 0 radical (unpaired) electrons. The number of anilines is 1. The Hall–Kier alpha value is -1.65. The molecule has 0 atom stereocenters. The van der Waals surface area contributed by atoms with Crippen molar-refractivity contribution in [2.75, 3.05) is 11.9 Å². The molecule has 1 heterocycles. The predicted octanol–water partition coefficient (Wildman–Crippen LogP) is 3.14. The molecule has 0 bridgehead atoms. The first-order chi connectivity index (χ1) is 7.04. The largest absolute Gasteiger partial charge is 0.405 e. The summed E-state index contributed by atoms with van der Waals surface area (Å²) in [5, 5.41) is 3.18. The molecule has 0 fully saturated rings. The van der Waals surface area contributed by atoms with E-state index in [1.54, 1.807) is 6.07 Å². The molecule has 1 aromatic heterocycles. The van der Waals surface area contributed by atoms with Gasteiger partial charge in [0.15, 0.2) is 0 Å². The molecule has 0 saturated heterocycles. The molecule has 15 heavy (non-hydrogen) atoms. The Morgan fingerprint density at radius 3 is 2.60 bits per heavy atom. The molecule has 0 amide bonds. The summed E-state index contributed by atoms with van der Waals surface area (Å²) in [5.41, 5.74) is 0.821. The van der Waals surface area contributed by atoms with E-state index in [1.165, 1.54) is 0 Å². The Morgan fingerprint density at radius 1 is 1.20 bits per heavy atom. The van der Waals surface area contributed by atoms with E-state index in [4.69, 9.17) is 0 Å². The number of rotatable bonds is 2. The number of alkyl halides is 3. The van der Waals surface area contributed by atoms with Crippen molar-refractivity contribution in [3.63, 3.8) is 0 Å². The van der Waals surface area contributed by atoms with Crippen molar-refractivity contribution >= 4 is 16.7 Å². The molecule has 2 nitrogen and oxygen atoms in total. The fraction of sp³-hybridized carbons (Fsp3) is 0.200. The van der Waals surface area contributed by atoms with E-state index in [1.807, 2.05) is 24.3 Å². The van der Waals surface area contributed by atoms with Gasteiger partial charge in [-0.1, -0.05) is 18.2 Å². The van der Waals surface area contributed by atoms with Crippen molar-refractivity contribution in [1.29, 1.82) is 0 Å². The molecule has 0 unspecified atom stereocenters. The summed E-state index contributed by atoms with van der Waals surface area (Å²) in [6, 6.07) is 8.97. The second-order valence-corrected chi connectivity index (χ2v) is 3.24. The highest BCUT2D eigenvalue weighted by atomic mass is 19.4. The lowest BCUT2D eigenvalue weighted by Gasteiger charge is -2.06. The van der Waals surface area contributed by atoms with Gasteiger partial charge in [0.1, 0.15) is 12.4 Å². The first-order valence-electron chi connectivity index (χ1n) is 4.43.